The maximum absolute atomic E-state index is 13.8. The zero-order valence-electron chi connectivity index (χ0n) is 11.0. The summed E-state index contributed by atoms with van der Waals surface area (Å²) in [6.45, 7) is 4.21. The molecule has 1 unspecified atom stereocenters. The van der Waals surface area contributed by atoms with Crippen LogP contribution in [-0.2, 0) is 0 Å². The molecule has 0 aromatic heterocycles. The molecule has 100 valence electrons. The van der Waals surface area contributed by atoms with E-state index in [4.69, 9.17) is 11.6 Å². The number of nitrogens with one attached hydrogen (secondary N) is 1. The predicted octanol–water partition coefficient (Wildman–Crippen LogP) is 5.29. The normalized spacial score (nSPS) is 12.5. The van der Waals surface area contributed by atoms with E-state index in [1.807, 2.05) is 30.3 Å². The lowest BCUT2D eigenvalue weighted by Crippen LogP contribution is -2.17. The van der Waals surface area contributed by atoms with Gasteiger partial charge >= 0.3 is 0 Å². The minimum atomic E-state index is -0.286. The molecule has 0 saturated heterocycles. The topological polar surface area (TPSA) is 12.0 Å². The van der Waals surface area contributed by atoms with Crippen LogP contribution in [0.5, 0.6) is 0 Å². The van der Waals surface area contributed by atoms with Gasteiger partial charge in [0, 0.05) is 5.02 Å². The average molecular weight is 278 g/mol. The van der Waals surface area contributed by atoms with E-state index in [0.29, 0.717) is 16.6 Å². The highest BCUT2D eigenvalue weighted by Gasteiger charge is 2.17. The molecule has 0 aliphatic heterocycles. The standard InChI is InChI=1S/C16H17ClFN/c1-11(2)16(12-6-4-3-5-7-12)19-15-10-13(17)8-9-14(15)18/h3-11,16,19H,1-2H3. The van der Waals surface area contributed by atoms with Gasteiger partial charge in [0.05, 0.1) is 11.7 Å². The van der Waals surface area contributed by atoms with Gasteiger partial charge in [-0.2, -0.15) is 0 Å². The number of rotatable bonds is 4. The van der Waals surface area contributed by atoms with Crippen LogP contribution in [0, 0.1) is 11.7 Å². The van der Waals surface area contributed by atoms with Crippen molar-refractivity contribution in [3.63, 3.8) is 0 Å². The Morgan fingerprint density at radius 3 is 2.37 bits per heavy atom. The van der Waals surface area contributed by atoms with Crippen molar-refractivity contribution >= 4 is 17.3 Å². The molecule has 2 rings (SSSR count). The van der Waals surface area contributed by atoms with E-state index in [2.05, 4.69) is 19.2 Å². The summed E-state index contributed by atoms with van der Waals surface area (Å²) in [6.07, 6.45) is 0. The molecule has 0 aliphatic carbocycles. The Morgan fingerprint density at radius 2 is 1.74 bits per heavy atom. The summed E-state index contributed by atoms with van der Waals surface area (Å²) in [5.74, 6) is 0.0479. The number of anilines is 1. The Morgan fingerprint density at radius 1 is 1.05 bits per heavy atom. The predicted molar refractivity (Wildman–Crippen MR) is 79.1 cm³/mol. The van der Waals surface area contributed by atoms with E-state index in [1.54, 1.807) is 12.1 Å². The SMILES string of the molecule is CC(C)C(Nc1cc(Cl)ccc1F)c1ccccc1. The van der Waals surface area contributed by atoms with Crippen LogP contribution in [0.3, 0.4) is 0 Å². The van der Waals surface area contributed by atoms with Crippen LogP contribution in [-0.4, -0.2) is 0 Å². The zero-order valence-corrected chi connectivity index (χ0v) is 11.8. The summed E-state index contributed by atoms with van der Waals surface area (Å²) < 4.78 is 13.8. The van der Waals surface area contributed by atoms with Gasteiger partial charge in [-0.05, 0) is 29.7 Å². The Labute approximate surface area is 118 Å². The molecule has 1 N–H and O–H groups in total. The van der Waals surface area contributed by atoms with E-state index < -0.39 is 0 Å². The molecule has 0 bridgehead atoms. The highest BCUT2D eigenvalue weighted by atomic mass is 35.5. The lowest BCUT2D eigenvalue weighted by atomic mass is 9.96. The Balaban J connectivity index is 2.29. The van der Waals surface area contributed by atoms with E-state index in [0.717, 1.165) is 5.56 Å². The number of hydrogen-bond donors (Lipinski definition) is 1. The maximum atomic E-state index is 13.8. The van der Waals surface area contributed by atoms with Crippen LogP contribution in [0.1, 0.15) is 25.5 Å². The molecule has 0 spiro atoms. The average Bonchev–Trinajstić information content (AvgIpc) is 2.40. The largest absolute Gasteiger partial charge is 0.376 e. The van der Waals surface area contributed by atoms with Gasteiger partial charge in [0.25, 0.3) is 0 Å². The Kier molecular flexibility index (Phi) is 4.43. The fourth-order valence-electron chi connectivity index (χ4n) is 2.07. The molecular formula is C16H17ClFN. The second-order valence-electron chi connectivity index (χ2n) is 4.90. The third-order valence-electron chi connectivity index (χ3n) is 3.06. The summed E-state index contributed by atoms with van der Waals surface area (Å²) in [7, 11) is 0. The van der Waals surface area contributed by atoms with E-state index in [9.17, 15) is 4.39 Å². The Bertz CT molecular complexity index is 540. The molecule has 0 fully saturated rings. The lowest BCUT2D eigenvalue weighted by molar-refractivity contribution is 0.540. The molecule has 19 heavy (non-hydrogen) atoms. The molecule has 0 aliphatic rings. The first-order chi connectivity index (χ1) is 9.08. The van der Waals surface area contributed by atoms with Crippen LogP contribution in [0.2, 0.25) is 5.02 Å². The first-order valence-corrected chi connectivity index (χ1v) is 6.72. The number of hydrogen-bond acceptors (Lipinski definition) is 1. The second kappa shape index (κ2) is 6.07. The Hall–Kier alpha value is -1.54. The number of benzene rings is 2. The maximum Gasteiger partial charge on any atom is 0.146 e. The summed E-state index contributed by atoms with van der Waals surface area (Å²) in [4.78, 5) is 0. The fourth-order valence-corrected chi connectivity index (χ4v) is 2.24. The summed E-state index contributed by atoms with van der Waals surface area (Å²) in [5, 5.41) is 3.77. The molecular weight excluding hydrogens is 261 g/mol. The molecule has 0 radical (unpaired) electrons. The quantitative estimate of drug-likeness (QED) is 0.801. The minimum absolute atomic E-state index is 0.0502. The highest BCUT2D eigenvalue weighted by Crippen LogP contribution is 2.29. The van der Waals surface area contributed by atoms with Crippen molar-refractivity contribution in [2.24, 2.45) is 5.92 Å². The van der Waals surface area contributed by atoms with Crippen LogP contribution in [0.15, 0.2) is 48.5 Å². The van der Waals surface area contributed by atoms with Crippen molar-refractivity contribution in [3.05, 3.63) is 64.9 Å². The van der Waals surface area contributed by atoms with Gasteiger partial charge in [0.2, 0.25) is 0 Å². The van der Waals surface area contributed by atoms with Crippen molar-refractivity contribution in [3.8, 4) is 0 Å². The third kappa shape index (κ3) is 3.48. The van der Waals surface area contributed by atoms with Crippen molar-refractivity contribution < 1.29 is 4.39 Å². The first kappa shape index (κ1) is 13.9. The number of halogens is 2. The van der Waals surface area contributed by atoms with Crippen molar-refractivity contribution in [1.29, 1.82) is 0 Å². The lowest BCUT2D eigenvalue weighted by Gasteiger charge is -2.24. The van der Waals surface area contributed by atoms with Crippen LogP contribution < -0.4 is 5.32 Å². The van der Waals surface area contributed by atoms with Crippen molar-refractivity contribution in [1.82, 2.24) is 0 Å². The van der Waals surface area contributed by atoms with E-state index in [1.165, 1.54) is 6.07 Å². The highest BCUT2D eigenvalue weighted by molar-refractivity contribution is 6.30. The molecule has 1 atom stereocenters. The molecule has 2 aromatic carbocycles. The molecule has 0 amide bonds. The monoisotopic (exact) mass is 277 g/mol. The van der Waals surface area contributed by atoms with Crippen molar-refractivity contribution in [2.75, 3.05) is 5.32 Å². The van der Waals surface area contributed by atoms with Crippen LogP contribution >= 0.6 is 11.6 Å². The second-order valence-corrected chi connectivity index (χ2v) is 5.34. The summed E-state index contributed by atoms with van der Waals surface area (Å²) in [5.41, 5.74) is 1.58. The summed E-state index contributed by atoms with van der Waals surface area (Å²) >= 11 is 5.92. The van der Waals surface area contributed by atoms with Crippen LogP contribution in [0.4, 0.5) is 10.1 Å². The molecule has 2 aromatic rings. The molecule has 0 heterocycles. The van der Waals surface area contributed by atoms with Gasteiger partial charge in [-0.15, -0.1) is 0 Å². The first-order valence-electron chi connectivity index (χ1n) is 6.34. The van der Waals surface area contributed by atoms with Gasteiger partial charge in [-0.3, -0.25) is 0 Å². The fraction of sp³-hybridized carbons (Fsp3) is 0.250. The van der Waals surface area contributed by atoms with E-state index in [-0.39, 0.29) is 11.9 Å². The van der Waals surface area contributed by atoms with Crippen LogP contribution in [0.25, 0.3) is 0 Å². The summed E-state index contributed by atoms with van der Waals surface area (Å²) in [6, 6.07) is 14.6. The molecule has 3 heteroatoms. The molecule has 1 nitrogen and oxygen atoms in total. The van der Waals surface area contributed by atoms with Crippen molar-refractivity contribution in [2.45, 2.75) is 19.9 Å². The van der Waals surface area contributed by atoms with Gasteiger partial charge in [0.15, 0.2) is 0 Å². The smallest absolute Gasteiger partial charge is 0.146 e. The van der Waals surface area contributed by atoms with Gasteiger partial charge in [-0.1, -0.05) is 55.8 Å². The van der Waals surface area contributed by atoms with E-state index >= 15 is 0 Å². The molecule has 0 saturated carbocycles. The zero-order chi connectivity index (χ0) is 13.8. The third-order valence-corrected chi connectivity index (χ3v) is 3.30. The van der Waals surface area contributed by atoms with Gasteiger partial charge in [-0.25, -0.2) is 4.39 Å². The van der Waals surface area contributed by atoms with Gasteiger partial charge in [0.1, 0.15) is 5.82 Å². The minimum Gasteiger partial charge on any atom is -0.376 e. The van der Waals surface area contributed by atoms with Gasteiger partial charge < -0.3 is 5.32 Å².